The Hall–Kier alpha value is -3.87. The number of aromatic amines is 1. The monoisotopic (exact) mass is 513 g/mol. The summed E-state index contributed by atoms with van der Waals surface area (Å²) in [4.78, 5) is 12.4. The smallest absolute Gasteiger partial charge is 0.262 e. The SMILES string of the molecule is CCOc1cc(C2C(C#N)=C(N)Oc3n[nH]c(C)c32)ccc1OCC(=O)Nc1ccc(Cl)cc1Cl. The maximum atomic E-state index is 12.4. The van der Waals surface area contributed by atoms with Crippen LogP contribution in [0.4, 0.5) is 5.69 Å². The molecule has 3 aromatic rings. The lowest BCUT2D eigenvalue weighted by atomic mass is 9.84. The van der Waals surface area contributed by atoms with Crippen LogP contribution in [0.3, 0.4) is 0 Å². The van der Waals surface area contributed by atoms with Gasteiger partial charge < -0.3 is 25.3 Å². The fourth-order valence-corrected chi connectivity index (χ4v) is 4.20. The van der Waals surface area contributed by atoms with Crippen molar-refractivity contribution in [2.45, 2.75) is 19.8 Å². The van der Waals surface area contributed by atoms with E-state index in [4.69, 9.17) is 43.1 Å². The molecule has 4 N–H and O–H groups in total. The Balaban J connectivity index is 1.58. The van der Waals surface area contributed by atoms with Gasteiger partial charge in [0.1, 0.15) is 11.6 Å². The number of nitrogens with zero attached hydrogens (tertiary/aromatic N) is 2. The number of aromatic nitrogens is 2. The van der Waals surface area contributed by atoms with Crippen molar-refractivity contribution in [3.05, 3.63) is 74.7 Å². The molecule has 35 heavy (non-hydrogen) atoms. The Morgan fingerprint density at radius 2 is 2.06 bits per heavy atom. The Kier molecular flexibility index (Phi) is 7.05. The summed E-state index contributed by atoms with van der Waals surface area (Å²) < 4.78 is 17.0. The summed E-state index contributed by atoms with van der Waals surface area (Å²) in [5, 5.41) is 20.2. The molecular weight excluding hydrogens is 493 g/mol. The van der Waals surface area contributed by atoms with Crippen LogP contribution in [0.2, 0.25) is 10.0 Å². The van der Waals surface area contributed by atoms with Crippen LogP contribution in [0.1, 0.15) is 29.7 Å². The van der Waals surface area contributed by atoms with Crippen molar-refractivity contribution in [2.75, 3.05) is 18.5 Å². The van der Waals surface area contributed by atoms with E-state index < -0.39 is 11.8 Å². The third-order valence-corrected chi connectivity index (χ3v) is 5.84. The number of hydrogen-bond acceptors (Lipinski definition) is 7. The van der Waals surface area contributed by atoms with E-state index in [1.54, 1.807) is 30.3 Å². The van der Waals surface area contributed by atoms with Gasteiger partial charge in [-0.2, -0.15) is 5.26 Å². The topological polar surface area (TPSA) is 135 Å². The number of fused-ring (bicyclic) bond motifs is 1. The number of nitrogens with two attached hydrogens (primary N) is 1. The molecule has 11 heteroatoms. The summed E-state index contributed by atoms with van der Waals surface area (Å²) >= 11 is 12.0. The number of carbonyl (C=O) groups is 1. The maximum absolute atomic E-state index is 12.4. The number of hydrogen-bond donors (Lipinski definition) is 3. The fourth-order valence-electron chi connectivity index (χ4n) is 3.74. The van der Waals surface area contributed by atoms with Gasteiger partial charge in [-0.15, -0.1) is 5.10 Å². The molecule has 2 aromatic carbocycles. The number of nitriles is 1. The molecule has 0 aliphatic carbocycles. The molecule has 1 aliphatic rings. The predicted molar refractivity (Wildman–Crippen MR) is 131 cm³/mol. The normalized spacial score (nSPS) is 14.5. The van der Waals surface area contributed by atoms with Crippen molar-refractivity contribution in [1.82, 2.24) is 10.2 Å². The summed E-state index contributed by atoms with van der Waals surface area (Å²) in [7, 11) is 0. The van der Waals surface area contributed by atoms with Gasteiger partial charge >= 0.3 is 0 Å². The molecule has 0 fully saturated rings. The maximum Gasteiger partial charge on any atom is 0.262 e. The Bertz CT molecular complexity index is 1360. The minimum Gasteiger partial charge on any atom is -0.490 e. The first kappa shape index (κ1) is 24.3. The number of amides is 1. The Morgan fingerprint density at radius 3 is 2.77 bits per heavy atom. The number of carbonyl (C=O) groups excluding carboxylic acids is 1. The zero-order valence-corrected chi connectivity index (χ0v) is 20.3. The highest BCUT2D eigenvalue weighted by molar-refractivity contribution is 6.36. The van der Waals surface area contributed by atoms with Crippen LogP contribution >= 0.6 is 23.2 Å². The summed E-state index contributed by atoms with van der Waals surface area (Å²) in [5.41, 5.74) is 8.87. The van der Waals surface area contributed by atoms with E-state index in [9.17, 15) is 10.1 Å². The van der Waals surface area contributed by atoms with Gasteiger partial charge in [0.25, 0.3) is 5.91 Å². The molecule has 1 amide bonds. The third-order valence-electron chi connectivity index (χ3n) is 5.29. The molecule has 0 saturated carbocycles. The molecule has 0 spiro atoms. The van der Waals surface area contributed by atoms with Gasteiger partial charge in [-0.3, -0.25) is 9.89 Å². The summed E-state index contributed by atoms with van der Waals surface area (Å²) in [6.07, 6.45) is 0. The molecule has 0 bridgehead atoms. The quantitative estimate of drug-likeness (QED) is 0.417. The molecule has 2 heterocycles. The highest BCUT2D eigenvalue weighted by Gasteiger charge is 2.34. The molecule has 0 saturated heterocycles. The van der Waals surface area contributed by atoms with E-state index in [0.717, 1.165) is 11.3 Å². The highest BCUT2D eigenvalue weighted by Crippen LogP contribution is 2.44. The lowest BCUT2D eigenvalue weighted by Crippen LogP contribution is -2.21. The minimum atomic E-state index is -0.508. The van der Waals surface area contributed by atoms with Gasteiger partial charge in [0, 0.05) is 16.3 Å². The summed E-state index contributed by atoms with van der Waals surface area (Å²) in [6.45, 7) is 3.75. The first-order valence-electron chi connectivity index (χ1n) is 10.6. The van der Waals surface area contributed by atoms with Crippen LogP contribution in [0.15, 0.2) is 47.9 Å². The second-order valence-corrected chi connectivity index (χ2v) is 8.44. The second-order valence-electron chi connectivity index (χ2n) is 7.59. The number of ether oxygens (including phenoxy) is 3. The van der Waals surface area contributed by atoms with Gasteiger partial charge in [0.15, 0.2) is 18.1 Å². The van der Waals surface area contributed by atoms with E-state index in [-0.39, 0.29) is 18.1 Å². The van der Waals surface area contributed by atoms with Crippen LogP contribution in [-0.4, -0.2) is 29.3 Å². The van der Waals surface area contributed by atoms with Gasteiger partial charge in [-0.05, 0) is 49.7 Å². The molecule has 1 aromatic heterocycles. The standard InChI is InChI=1S/C24H21Cl2N5O4/c1-3-33-19-8-13(22-15(10-27)23(28)35-24-21(22)12(2)30-31-24)4-7-18(19)34-11-20(32)29-17-6-5-14(25)9-16(17)26/h4-9,22H,3,11,28H2,1-2H3,(H,29,32)(H,30,31). The van der Waals surface area contributed by atoms with E-state index in [0.29, 0.717) is 45.3 Å². The molecule has 0 radical (unpaired) electrons. The van der Waals surface area contributed by atoms with Gasteiger partial charge in [-0.1, -0.05) is 29.3 Å². The molecule has 9 nitrogen and oxygen atoms in total. The first-order valence-corrected chi connectivity index (χ1v) is 11.3. The van der Waals surface area contributed by atoms with Crippen molar-refractivity contribution < 1.29 is 19.0 Å². The summed E-state index contributed by atoms with van der Waals surface area (Å²) in [5.74, 6) is 0.163. The van der Waals surface area contributed by atoms with Crippen molar-refractivity contribution in [3.63, 3.8) is 0 Å². The molecule has 1 aliphatic heterocycles. The minimum absolute atomic E-state index is 0.00711. The number of aryl methyl sites for hydroxylation is 1. The number of halogens is 2. The Labute approximate surface area is 211 Å². The van der Waals surface area contributed by atoms with Crippen LogP contribution in [-0.2, 0) is 4.79 Å². The molecule has 1 unspecified atom stereocenters. The van der Waals surface area contributed by atoms with Crippen LogP contribution < -0.4 is 25.3 Å². The predicted octanol–water partition coefficient (Wildman–Crippen LogP) is 4.66. The van der Waals surface area contributed by atoms with Crippen LogP contribution in [0.5, 0.6) is 17.4 Å². The largest absolute Gasteiger partial charge is 0.490 e. The first-order chi connectivity index (χ1) is 16.8. The number of H-pyrrole nitrogens is 1. The lowest BCUT2D eigenvalue weighted by molar-refractivity contribution is -0.118. The Morgan fingerprint density at radius 1 is 1.26 bits per heavy atom. The zero-order valence-electron chi connectivity index (χ0n) is 18.8. The highest BCUT2D eigenvalue weighted by atomic mass is 35.5. The number of anilines is 1. The van der Waals surface area contributed by atoms with Crippen LogP contribution in [0, 0.1) is 18.3 Å². The number of nitrogens with one attached hydrogen (secondary N) is 2. The van der Waals surface area contributed by atoms with Crippen LogP contribution in [0.25, 0.3) is 0 Å². The van der Waals surface area contributed by atoms with Gasteiger partial charge in [0.05, 0.1) is 23.2 Å². The number of allylic oxidation sites excluding steroid dienone is 1. The van der Waals surface area contributed by atoms with Gasteiger partial charge in [-0.25, -0.2) is 0 Å². The average Bonchev–Trinajstić information content (AvgIpc) is 3.19. The van der Waals surface area contributed by atoms with E-state index in [2.05, 4.69) is 21.6 Å². The second kappa shape index (κ2) is 10.2. The van der Waals surface area contributed by atoms with Crippen molar-refractivity contribution in [1.29, 1.82) is 5.26 Å². The number of benzene rings is 2. The third kappa shape index (κ3) is 4.99. The average molecular weight is 514 g/mol. The van der Waals surface area contributed by atoms with Crippen molar-refractivity contribution in [2.24, 2.45) is 5.73 Å². The molecule has 180 valence electrons. The fraction of sp³-hybridized carbons (Fsp3) is 0.208. The molecule has 1 atom stereocenters. The molecular formula is C24H21Cl2N5O4. The van der Waals surface area contributed by atoms with E-state index in [1.807, 2.05) is 13.8 Å². The van der Waals surface area contributed by atoms with E-state index in [1.165, 1.54) is 6.07 Å². The zero-order chi connectivity index (χ0) is 25.1. The lowest BCUT2D eigenvalue weighted by Gasteiger charge is -2.24. The van der Waals surface area contributed by atoms with Gasteiger partial charge in [0.2, 0.25) is 11.8 Å². The van der Waals surface area contributed by atoms with E-state index >= 15 is 0 Å². The summed E-state index contributed by atoms with van der Waals surface area (Å²) in [6, 6.07) is 12.1. The molecule has 4 rings (SSSR count). The number of rotatable bonds is 7. The van der Waals surface area contributed by atoms with Crippen molar-refractivity contribution >= 4 is 34.8 Å². The van der Waals surface area contributed by atoms with Crippen molar-refractivity contribution in [3.8, 4) is 23.4 Å².